The van der Waals surface area contributed by atoms with Gasteiger partial charge < -0.3 is 10.4 Å². The second-order valence-electron chi connectivity index (χ2n) is 5.79. The molecule has 0 saturated heterocycles. The maximum absolute atomic E-state index is 9.31. The van der Waals surface area contributed by atoms with Crippen LogP contribution in [0.3, 0.4) is 0 Å². The lowest BCUT2D eigenvalue weighted by atomic mass is 10.1. The van der Waals surface area contributed by atoms with Crippen LogP contribution in [0.25, 0.3) is 5.69 Å². The Morgan fingerprint density at radius 1 is 1.20 bits per heavy atom. The first-order valence-corrected chi connectivity index (χ1v) is 6.91. The summed E-state index contributed by atoms with van der Waals surface area (Å²) in [5.74, 6) is 0. The standard InChI is InChI=1S/C16H23N3O/c1-12-15(10-17-16(3,4)11-20)13(2)19(18-12)14-8-6-5-7-9-14/h5-9,17,20H,10-11H2,1-4H3. The van der Waals surface area contributed by atoms with E-state index in [0.29, 0.717) is 6.54 Å². The largest absolute Gasteiger partial charge is 0.394 e. The van der Waals surface area contributed by atoms with Crippen molar-refractivity contribution in [2.75, 3.05) is 6.61 Å². The lowest BCUT2D eigenvalue weighted by molar-refractivity contribution is 0.187. The van der Waals surface area contributed by atoms with Gasteiger partial charge in [0.1, 0.15) is 0 Å². The summed E-state index contributed by atoms with van der Waals surface area (Å²) in [6, 6.07) is 10.1. The van der Waals surface area contributed by atoms with E-state index in [0.717, 1.165) is 17.1 Å². The summed E-state index contributed by atoms with van der Waals surface area (Å²) in [6.07, 6.45) is 0. The Morgan fingerprint density at radius 3 is 2.45 bits per heavy atom. The minimum Gasteiger partial charge on any atom is -0.394 e. The van der Waals surface area contributed by atoms with E-state index in [1.165, 1.54) is 5.56 Å². The lowest BCUT2D eigenvalue weighted by Gasteiger charge is -2.23. The summed E-state index contributed by atoms with van der Waals surface area (Å²) in [4.78, 5) is 0. The van der Waals surface area contributed by atoms with Crippen molar-refractivity contribution in [3.05, 3.63) is 47.3 Å². The van der Waals surface area contributed by atoms with Crippen LogP contribution < -0.4 is 5.32 Å². The Bertz CT molecular complexity index is 573. The van der Waals surface area contributed by atoms with E-state index in [9.17, 15) is 5.11 Å². The van der Waals surface area contributed by atoms with Crippen molar-refractivity contribution in [1.29, 1.82) is 0 Å². The SMILES string of the molecule is Cc1nn(-c2ccccc2)c(C)c1CNC(C)(C)CO. The predicted molar refractivity (Wildman–Crippen MR) is 81.0 cm³/mol. The van der Waals surface area contributed by atoms with Crippen LogP contribution in [-0.2, 0) is 6.54 Å². The van der Waals surface area contributed by atoms with Gasteiger partial charge in [-0.3, -0.25) is 0 Å². The van der Waals surface area contributed by atoms with Gasteiger partial charge in [-0.25, -0.2) is 4.68 Å². The summed E-state index contributed by atoms with van der Waals surface area (Å²) < 4.78 is 1.97. The number of para-hydroxylation sites is 1. The van der Waals surface area contributed by atoms with E-state index in [1.807, 2.05) is 55.8 Å². The van der Waals surface area contributed by atoms with Crippen molar-refractivity contribution in [2.24, 2.45) is 0 Å². The van der Waals surface area contributed by atoms with Crippen molar-refractivity contribution >= 4 is 0 Å². The molecule has 0 amide bonds. The third-order valence-corrected chi connectivity index (χ3v) is 3.58. The average molecular weight is 273 g/mol. The molecule has 20 heavy (non-hydrogen) atoms. The highest BCUT2D eigenvalue weighted by atomic mass is 16.3. The molecule has 0 fully saturated rings. The zero-order valence-electron chi connectivity index (χ0n) is 12.6. The molecule has 2 aromatic rings. The Morgan fingerprint density at radius 2 is 1.85 bits per heavy atom. The van der Waals surface area contributed by atoms with Gasteiger partial charge in [0.2, 0.25) is 0 Å². The van der Waals surface area contributed by atoms with Crippen LogP contribution >= 0.6 is 0 Å². The molecule has 1 heterocycles. The minimum atomic E-state index is -0.284. The first kappa shape index (κ1) is 14.8. The maximum atomic E-state index is 9.31. The molecular formula is C16H23N3O. The average Bonchev–Trinajstić information content (AvgIpc) is 2.73. The van der Waals surface area contributed by atoms with Gasteiger partial charge in [0.25, 0.3) is 0 Å². The van der Waals surface area contributed by atoms with E-state index in [2.05, 4.69) is 17.3 Å². The van der Waals surface area contributed by atoms with Gasteiger partial charge in [0.15, 0.2) is 0 Å². The van der Waals surface area contributed by atoms with Crippen molar-refractivity contribution < 1.29 is 5.11 Å². The second kappa shape index (κ2) is 5.77. The summed E-state index contributed by atoms with van der Waals surface area (Å²) >= 11 is 0. The summed E-state index contributed by atoms with van der Waals surface area (Å²) in [6.45, 7) is 8.89. The Kier molecular flexibility index (Phi) is 4.26. The Hall–Kier alpha value is -1.65. The van der Waals surface area contributed by atoms with E-state index >= 15 is 0 Å². The summed E-state index contributed by atoms with van der Waals surface area (Å²) in [5.41, 5.74) is 4.13. The Balaban J connectivity index is 2.26. The normalized spacial score (nSPS) is 11.8. The third kappa shape index (κ3) is 3.08. The molecule has 0 aliphatic carbocycles. The van der Waals surface area contributed by atoms with Crippen LogP contribution in [0.4, 0.5) is 0 Å². The van der Waals surface area contributed by atoms with Gasteiger partial charge in [-0.1, -0.05) is 18.2 Å². The topological polar surface area (TPSA) is 50.1 Å². The fraction of sp³-hybridized carbons (Fsp3) is 0.438. The molecule has 2 N–H and O–H groups in total. The molecule has 108 valence electrons. The minimum absolute atomic E-state index is 0.109. The number of aryl methyl sites for hydroxylation is 1. The van der Waals surface area contributed by atoms with Crippen LogP contribution in [-0.4, -0.2) is 27.0 Å². The predicted octanol–water partition coefficient (Wildman–Crippen LogP) is 2.35. The maximum Gasteiger partial charge on any atom is 0.0648 e. The number of nitrogens with zero attached hydrogens (tertiary/aromatic N) is 2. The molecule has 1 aromatic heterocycles. The molecule has 0 unspecified atom stereocenters. The van der Waals surface area contributed by atoms with E-state index < -0.39 is 0 Å². The second-order valence-corrected chi connectivity index (χ2v) is 5.79. The van der Waals surface area contributed by atoms with Crippen LogP contribution in [0, 0.1) is 13.8 Å². The van der Waals surface area contributed by atoms with Crippen molar-refractivity contribution in [1.82, 2.24) is 15.1 Å². The molecule has 0 spiro atoms. The molecule has 0 bridgehead atoms. The number of benzene rings is 1. The van der Waals surface area contributed by atoms with Crippen LogP contribution in [0.1, 0.15) is 30.8 Å². The Labute approximate surface area is 120 Å². The van der Waals surface area contributed by atoms with Gasteiger partial charge in [-0.05, 0) is 39.8 Å². The summed E-state index contributed by atoms with van der Waals surface area (Å²) in [7, 11) is 0. The third-order valence-electron chi connectivity index (χ3n) is 3.58. The highest BCUT2D eigenvalue weighted by Crippen LogP contribution is 2.18. The van der Waals surface area contributed by atoms with Crippen LogP contribution in [0.2, 0.25) is 0 Å². The van der Waals surface area contributed by atoms with E-state index in [1.54, 1.807) is 0 Å². The number of aliphatic hydroxyl groups is 1. The number of aliphatic hydroxyl groups excluding tert-OH is 1. The number of hydrogen-bond donors (Lipinski definition) is 2. The first-order valence-electron chi connectivity index (χ1n) is 6.91. The van der Waals surface area contributed by atoms with Gasteiger partial charge in [-0.2, -0.15) is 5.10 Å². The number of rotatable bonds is 5. The quantitative estimate of drug-likeness (QED) is 0.879. The molecule has 4 nitrogen and oxygen atoms in total. The molecular weight excluding hydrogens is 250 g/mol. The monoisotopic (exact) mass is 273 g/mol. The van der Waals surface area contributed by atoms with E-state index in [-0.39, 0.29) is 12.1 Å². The van der Waals surface area contributed by atoms with Gasteiger partial charge in [0.05, 0.1) is 18.0 Å². The first-order chi connectivity index (χ1) is 9.44. The molecule has 0 atom stereocenters. The number of nitrogens with one attached hydrogen (secondary N) is 1. The lowest BCUT2D eigenvalue weighted by Crippen LogP contribution is -2.42. The van der Waals surface area contributed by atoms with Crippen molar-refractivity contribution in [2.45, 2.75) is 39.8 Å². The molecule has 0 saturated carbocycles. The van der Waals surface area contributed by atoms with Gasteiger partial charge in [0, 0.05) is 23.3 Å². The number of hydrogen-bond acceptors (Lipinski definition) is 3. The fourth-order valence-corrected chi connectivity index (χ4v) is 2.13. The fourth-order valence-electron chi connectivity index (χ4n) is 2.13. The smallest absolute Gasteiger partial charge is 0.0648 e. The van der Waals surface area contributed by atoms with Crippen LogP contribution in [0.15, 0.2) is 30.3 Å². The highest BCUT2D eigenvalue weighted by molar-refractivity contribution is 5.36. The number of aromatic nitrogens is 2. The highest BCUT2D eigenvalue weighted by Gasteiger charge is 2.18. The van der Waals surface area contributed by atoms with E-state index in [4.69, 9.17) is 0 Å². The van der Waals surface area contributed by atoms with Crippen LogP contribution in [0.5, 0.6) is 0 Å². The summed E-state index contributed by atoms with van der Waals surface area (Å²) in [5, 5.41) is 17.3. The van der Waals surface area contributed by atoms with Crippen molar-refractivity contribution in [3.8, 4) is 5.69 Å². The molecule has 0 aliphatic heterocycles. The van der Waals surface area contributed by atoms with Gasteiger partial charge >= 0.3 is 0 Å². The molecule has 2 rings (SSSR count). The molecule has 0 radical (unpaired) electrons. The zero-order chi connectivity index (χ0) is 14.8. The zero-order valence-corrected chi connectivity index (χ0v) is 12.6. The molecule has 0 aliphatic rings. The molecule has 4 heteroatoms. The van der Waals surface area contributed by atoms with Gasteiger partial charge in [-0.15, -0.1) is 0 Å². The molecule has 1 aromatic carbocycles. The van der Waals surface area contributed by atoms with Crippen molar-refractivity contribution in [3.63, 3.8) is 0 Å².